The van der Waals surface area contributed by atoms with Gasteiger partial charge in [-0.05, 0) is 110 Å². The second kappa shape index (κ2) is 11.8. The van der Waals surface area contributed by atoms with Crippen LogP contribution in [0.15, 0.2) is 60.7 Å². The summed E-state index contributed by atoms with van der Waals surface area (Å²) in [5.74, 6) is 4.36. The van der Waals surface area contributed by atoms with Crippen molar-refractivity contribution >= 4 is 0 Å². The molecule has 4 heterocycles. The number of hydrogen-bond acceptors (Lipinski definition) is 8. The molecule has 4 aromatic carbocycles. The van der Waals surface area contributed by atoms with Crippen molar-refractivity contribution in [3.63, 3.8) is 0 Å². The highest BCUT2D eigenvalue weighted by atomic mass is 16.5. The van der Waals surface area contributed by atoms with Crippen molar-refractivity contribution in [1.29, 1.82) is 0 Å². The lowest BCUT2D eigenvalue weighted by Gasteiger charge is -2.37. The van der Waals surface area contributed by atoms with E-state index in [1.54, 1.807) is 27.4 Å². The summed E-state index contributed by atoms with van der Waals surface area (Å²) in [7, 11) is 9.29. The molecule has 8 nitrogen and oxygen atoms in total. The third kappa shape index (κ3) is 5.32. The second-order valence-electron chi connectivity index (χ2n) is 12.3. The van der Waals surface area contributed by atoms with E-state index >= 15 is 0 Å². The zero-order valence-corrected chi connectivity index (χ0v) is 26.6. The van der Waals surface area contributed by atoms with Gasteiger partial charge in [-0.15, -0.1) is 0 Å². The van der Waals surface area contributed by atoms with Crippen molar-refractivity contribution in [2.24, 2.45) is 0 Å². The van der Waals surface area contributed by atoms with Gasteiger partial charge in [0, 0.05) is 30.7 Å². The van der Waals surface area contributed by atoms with Gasteiger partial charge in [0.25, 0.3) is 0 Å². The molecule has 234 valence electrons. The zero-order chi connectivity index (χ0) is 31.2. The van der Waals surface area contributed by atoms with E-state index < -0.39 is 0 Å². The Labute approximate surface area is 264 Å². The molecule has 8 rings (SSSR count). The summed E-state index contributed by atoms with van der Waals surface area (Å²) in [4.78, 5) is 4.74. The van der Waals surface area contributed by atoms with Gasteiger partial charge >= 0.3 is 0 Å². The largest absolute Gasteiger partial charge is 0.504 e. The first kappa shape index (κ1) is 29.3. The summed E-state index contributed by atoms with van der Waals surface area (Å²) in [6.07, 6.45) is 3.27. The van der Waals surface area contributed by atoms with E-state index in [-0.39, 0.29) is 17.8 Å². The van der Waals surface area contributed by atoms with Crippen LogP contribution < -0.4 is 23.7 Å². The molecule has 2 atom stereocenters. The van der Waals surface area contributed by atoms with E-state index in [0.29, 0.717) is 40.9 Å². The van der Waals surface area contributed by atoms with Crippen LogP contribution in [0, 0.1) is 0 Å². The normalized spacial score (nSPS) is 19.4. The quantitative estimate of drug-likeness (QED) is 0.271. The van der Waals surface area contributed by atoms with E-state index in [1.807, 2.05) is 24.3 Å². The molecule has 8 heteroatoms. The molecule has 6 bridgehead atoms. The molecule has 0 saturated carbocycles. The minimum absolute atomic E-state index is 0.0197. The van der Waals surface area contributed by atoms with Crippen molar-refractivity contribution in [3.05, 3.63) is 94.0 Å². The maximum absolute atomic E-state index is 11.0. The molecule has 0 unspecified atom stereocenters. The van der Waals surface area contributed by atoms with Gasteiger partial charge in [0.15, 0.2) is 34.5 Å². The third-order valence-corrected chi connectivity index (χ3v) is 9.64. The summed E-state index contributed by atoms with van der Waals surface area (Å²) in [6.45, 7) is 1.83. The smallest absolute Gasteiger partial charge is 0.204 e. The summed E-state index contributed by atoms with van der Waals surface area (Å²) in [5.41, 5.74) is 6.93. The van der Waals surface area contributed by atoms with Crippen LogP contribution in [0.3, 0.4) is 0 Å². The van der Waals surface area contributed by atoms with E-state index in [0.717, 1.165) is 49.2 Å². The monoisotopic (exact) mass is 608 g/mol. The predicted octanol–water partition coefficient (Wildman–Crippen LogP) is 6.86. The molecular formula is C37H40N2O6. The molecule has 0 amide bonds. The molecule has 0 fully saturated rings. The number of fused-ring (bicyclic) bond motifs is 2. The highest BCUT2D eigenvalue weighted by molar-refractivity contribution is 5.62. The Morgan fingerprint density at radius 2 is 1.36 bits per heavy atom. The minimum atomic E-state index is -0.0197. The lowest BCUT2D eigenvalue weighted by atomic mass is 9.87. The Hall–Kier alpha value is -4.40. The number of ether oxygens (including phenoxy) is 5. The maximum atomic E-state index is 11.0. The number of likely N-dealkylation sites (N-methyl/N-ethyl adjacent to an activating group) is 2. The second-order valence-corrected chi connectivity index (χ2v) is 12.3. The van der Waals surface area contributed by atoms with Gasteiger partial charge in [-0.3, -0.25) is 9.80 Å². The Balaban J connectivity index is 1.42. The molecule has 0 spiro atoms. The maximum Gasteiger partial charge on any atom is 0.204 e. The first-order valence-corrected chi connectivity index (χ1v) is 15.5. The SMILES string of the molecule is COc1cc2c3cc1Oc1cc(ccc1O)C[C@H]1c4c(cc(OC)c(OC)c4Oc4ccc(cc4)C[C@H]3N(C)CC2)CCN1C. The molecule has 0 aromatic heterocycles. The first-order valence-electron chi connectivity index (χ1n) is 15.5. The molecule has 45 heavy (non-hydrogen) atoms. The summed E-state index contributed by atoms with van der Waals surface area (Å²) < 4.78 is 30.8. The molecule has 0 radical (unpaired) electrons. The lowest BCUT2D eigenvalue weighted by molar-refractivity contribution is 0.221. The number of phenolic OH excluding ortho intramolecular Hbond substituents is 1. The van der Waals surface area contributed by atoms with Crippen LogP contribution in [0.4, 0.5) is 0 Å². The first-order chi connectivity index (χ1) is 21.9. The summed E-state index contributed by atoms with van der Waals surface area (Å²) >= 11 is 0. The van der Waals surface area contributed by atoms with Crippen molar-refractivity contribution in [1.82, 2.24) is 9.80 Å². The van der Waals surface area contributed by atoms with Gasteiger partial charge < -0.3 is 28.8 Å². The van der Waals surface area contributed by atoms with E-state index in [2.05, 4.69) is 54.2 Å². The van der Waals surface area contributed by atoms with Crippen LogP contribution in [0.2, 0.25) is 0 Å². The van der Waals surface area contributed by atoms with Crippen LogP contribution in [-0.4, -0.2) is 63.4 Å². The van der Waals surface area contributed by atoms with Gasteiger partial charge in [-0.25, -0.2) is 0 Å². The molecule has 0 aliphatic carbocycles. The van der Waals surface area contributed by atoms with Crippen molar-refractivity contribution in [3.8, 4) is 46.0 Å². The van der Waals surface area contributed by atoms with Gasteiger partial charge in [0.1, 0.15) is 5.75 Å². The fraction of sp³-hybridized carbons (Fsp3) is 0.351. The third-order valence-electron chi connectivity index (χ3n) is 9.64. The van der Waals surface area contributed by atoms with Gasteiger partial charge in [-0.1, -0.05) is 18.2 Å². The Morgan fingerprint density at radius 3 is 2.09 bits per heavy atom. The number of phenols is 1. The van der Waals surface area contributed by atoms with Crippen LogP contribution in [0.1, 0.15) is 45.5 Å². The Bertz CT molecular complexity index is 1740. The lowest BCUT2D eigenvalue weighted by Crippen LogP contribution is -2.34. The number of methoxy groups -OCH3 is 3. The van der Waals surface area contributed by atoms with Crippen molar-refractivity contribution in [2.45, 2.75) is 37.8 Å². The van der Waals surface area contributed by atoms with Crippen LogP contribution in [0.5, 0.6) is 46.0 Å². The van der Waals surface area contributed by atoms with E-state index in [4.69, 9.17) is 23.7 Å². The Kier molecular flexibility index (Phi) is 7.71. The van der Waals surface area contributed by atoms with Gasteiger partial charge in [0.2, 0.25) is 5.75 Å². The average Bonchev–Trinajstić information content (AvgIpc) is 3.05. The molecule has 4 aliphatic heterocycles. The number of aromatic hydroxyl groups is 1. The number of nitrogens with zero attached hydrogens (tertiary/aromatic N) is 2. The zero-order valence-electron chi connectivity index (χ0n) is 26.6. The molecule has 0 saturated heterocycles. The number of benzene rings is 4. The fourth-order valence-electron chi connectivity index (χ4n) is 7.11. The van der Waals surface area contributed by atoms with E-state index in [9.17, 15) is 5.11 Å². The highest BCUT2D eigenvalue weighted by Crippen LogP contribution is 2.50. The molecule has 4 aliphatic rings. The minimum Gasteiger partial charge on any atom is -0.504 e. The van der Waals surface area contributed by atoms with Crippen molar-refractivity contribution in [2.75, 3.05) is 48.5 Å². The fourth-order valence-corrected chi connectivity index (χ4v) is 7.11. The molecular weight excluding hydrogens is 568 g/mol. The van der Waals surface area contributed by atoms with Crippen molar-refractivity contribution < 1.29 is 28.8 Å². The molecule has 1 N–H and O–H groups in total. The van der Waals surface area contributed by atoms with Crippen LogP contribution in [0.25, 0.3) is 0 Å². The highest BCUT2D eigenvalue weighted by Gasteiger charge is 2.34. The van der Waals surface area contributed by atoms with Crippen LogP contribution >= 0.6 is 0 Å². The van der Waals surface area contributed by atoms with Gasteiger partial charge in [-0.2, -0.15) is 0 Å². The standard InChI is InChI=1S/C37H40N2O6/c1-38-14-12-24-19-32(41-3)33-21-27(24)28(38)16-22-6-9-26(10-7-22)44-37-35-25(20-34(42-4)36(37)43-5)13-15-39(2)29(35)17-23-8-11-30(40)31(18-23)45-33/h6-11,18-21,28-29,40H,12-17H2,1-5H3/t28-,29+/m1/s1. The average molecular weight is 609 g/mol. The number of rotatable bonds is 3. The predicted molar refractivity (Wildman–Crippen MR) is 173 cm³/mol. The topological polar surface area (TPSA) is 72.9 Å². The number of hydrogen-bond donors (Lipinski definition) is 1. The van der Waals surface area contributed by atoms with Gasteiger partial charge in [0.05, 0.1) is 21.3 Å². The Morgan fingerprint density at radius 1 is 0.689 bits per heavy atom. The summed E-state index contributed by atoms with van der Waals surface area (Å²) in [5, 5.41) is 11.0. The molecule has 4 aromatic rings. The van der Waals surface area contributed by atoms with Crippen LogP contribution in [-0.2, 0) is 25.7 Å². The van der Waals surface area contributed by atoms with E-state index in [1.165, 1.54) is 22.3 Å². The summed E-state index contributed by atoms with van der Waals surface area (Å²) in [6, 6.07) is 20.4.